The Hall–Kier alpha value is -3.14. The molecule has 0 fully saturated rings. The molecule has 2 aliphatic rings. The van der Waals surface area contributed by atoms with Crippen LogP contribution in [0.1, 0.15) is 35.6 Å². The van der Waals surface area contributed by atoms with Crippen molar-refractivity contribution in [2.24, 2.45) is 5.10 Å². The van der Waals surface area contributed by atoms with Crippen LogP contribution < -0.4 is 5.01 Å². The van der Waals surface area contributed by atoms with Gasteiger partial charge in [0.15, 0.2) is 5.71 Å². The fraction of sp³-hybridized carbons (Fsp3) is 0.217. The van der Waals surface area contributed by atoms with Gasteiger partial charge < -0.3 is 4.74 Å². The van der Waals surface area contributed by atoms with E-state index in [1.54, 1.807) is 0 Å². The van der Waals surface area contributed by atoms with E-state index < -0.39 is 0 Å². The Labute approximate surface area is 158 Å². The van der Waals surface area contributed by atoms with E-state index in [0.717, 1.165) is 11.3 Å². The van der Waals surface area contributed by atoms with Crippen LogP contribution in [-0.4, -0.2) is 18.3 Å². The number of hydrazone groups is 1. The zero-order valence-electron chi connectivity index (χ0n) is 15.3. The van der Waals surface area contributed by atoms with Crippen LogP contribution in [0.5, 0.6) is 0 Å². The van der Waals surface area contributed by atoms with Gasteiger partial charge >= 0.3 is 5.97 Å². The zero-order chi connectivity index (χ0) is 18.5. The van der Waals surface area contributed by atoms with Crippen LogP contribution in [0.3, 0.4) is 0 Å². The van der Waals surface area contributed by atoms with E-state index in [0.29, 0.717) is 12.3 Å². The maximum atomic E-state index is 12.7. The summed E-state index contributed by atoms with van der Waals surface area (Å²) in [6, 6.07) is 20.9. The minimum atomic E-state index is -0.327. The van der Waals surface area contributed by atoms with Gasteiger partial charge in [0.05, 0.1) is 24.3 Å². The monoisotopic (exact) mass is 356 g/mol. The molecule has 3 aromatic rings. The first-order valence-corrected chi connectivity index (χ1v) is 9.32. The topological polar surface area (TPSA) is 41.9 Å². The molecule has 134 valence electrons. The van der Waals surface area contributed by atoms with Crippen molar-refractivity contribution in [1.82, 2.24) is 0 Å². The van der Waals surface area contributed by atoms with Gasteiger partial charge in [0.1, 0.15) is 0 Å². The minimum absolute atomic E-state index is 0.0202. The number of carbonyl (C=O) groups is 1. The second-order valence-corrected chi connectivity index (χ2v) is 7.10. The number of carbonyl (C=O) groups excluding carboxylic acids is 1. The highest BCUT2D eigenvalue weighted by Gasteiger charge is 2.48. The molecule has 0 saturated heterocycles. The number of hydrogen-bond acceptors (Lipinski definition) is 4. The molecule has 4 heteroatoms. The second-order valence-electron chi connectivity index (χ2n) is 7.10. The lowest BCUT2D eigenvalue weighted by molar-refractivity contribution is -0.135. The molecule has 0 amide bonds. The number of hydrogen-bond donors (Lipinski definition) is 0. The third-order valence-corrected chi connectivity index (χ3v) is 5.50. The zero-order valence-corrected chi connectivity index (χ0v) is 15.3. The van der Waals surface area contributed by atoms with Crippen LogP contribution in [0.2, 0.25) is 0 Å². The van der Waals surface area contributed by atoms with E-state index in [1.807, 2.05) is 11.9 Å². The predicted octanol–water partition coefficient (Wildman–Crippen LogP) is 4.73. The maximum absolute atomic E-state index is 12.7. The quantitative estimate of drug-likeness (QED) is 0.637. The van der Waals surface area contributed by atoms with E-state index >= 15 is 0 Å². The van der Waals surface area contributed by atoms with Gasteiger partial charge in [-0.1, -0.05) is 54.1 Å². The highest BCUT2D eigenvalue weighted by atomic mass is 16.5. The molecule has 0 radical (unpaired) electrons. The Morgan fingerprint density at radius 1 is 1.04 bits per heavy atom. The normalized spacial score (nSPS) is 19.9. The number of ether oxygens (including phenoxy) is 1. The molecule has 4 nitrogen and oxygen atoms in total. The van der Waals surface area contributed by atoms with Gasteiger partial charge in [-0.3, -0.25) is 5.01 Å². The summed E-state index contributed by atoms with van der Waals surface area (Å²) in [4.78, 5) is 12.7. The van der Waals surface area contributed by atoms with Gasteiger partial charge in [-0.25, -0.2) is 4.79 Å². The van der Waals surface area contributed by atoms with Gasteiger partial charge in [0, 0.05) is 0 Å². The standard InChI is InChI=1S/C23H20N2O2/c1-3-27-23(26)21-20-17-8-4-6-15-7-5-9-18(19(15)17)22(20)25(24-21)16-12-10-14(2)11-13-16/h4-13,20,22H,3H2,1-2H3/t20-,22+/m0/s1. The first kappa shape index (κ1) is 16.1. The van der Waals surface area contributed by atoms with E-state index in [-0.39, 0.29) is 17.9 Å². The highest BCUT2D eigenvalue weighted by Crippen LogP contribution is 2.53. The molecule has 0 N–H and O–H groups in total. The SMILES string of the molecule is CCOC(=O)C1=NN(c2ccc(C)cc2)[C@@H]2c3cccc4cccc(c34)[C@@H]12. The molecule has 5 rings (SSSR count). The lowest BCUT2D eigenvalue weighted by Crippen LogP contribution is -2.24. The third kappa shape index (κ3) is 2.29. The van der Waals surface area contributed by atoms with Crippen LogP contribution in [-0.2, 0) is 9.53 Å². The Morgan fingerprint density at radius 3 is 2.44 bits per heavy atom. The van der Waals surface area contributed by atoms with Crippen molar-refractivity contribution in [3.8, 4) is 0 Å². The third-order valence-electron chi connectivity index (χ3n) is 5.50. The smallest absolute Gasteiger partial charge is 0.355 e. The summed E-state index contributed by atoms with van der Waals surface area (Å²) in [5, 5.41) is 9.18. The minimum Gasteiger partial charge on any atom is -0.461 e. The van der Waals surface area contributed by atoms with E-state index in [2.05, 4.69) is 67.6 Å². The number of rotatable bonds is 3. The molecule has 0 bridgehead atoms. The largest absolute Gasteiger partial charge is 0.461 e. The van der Waals surface area contributed by atoms with Crippen molar-refractivity contribution in [2.45, 2.75) is 25.8 Å². The van der Waals surface area contributed by atoms with Gasteiger partial charge in [0.2, 0.25) is 0 Å². The number of fused-ring (bicyclic) bond motifs is 3. The molecular formula is C23H20N2O2. The van der Waals surface area contributed by atoms with Crippen LogP contribution >= 0.6 is 0 Å². The molecule has 0 spiro atoms. The number of nitrogens with zero attached hydrogens (tertiary/aromatic N) is 2. The van der Waals surface area contributed by atoms with Crippen molar-refractivity contribution in [3.05, 3.63) is 77.4 Å². The second kappa shape index (κ2) is 5.95. The summed E-state index contributed by atoms with van der Waals surface area (Å²) in [6.07, 6.45) is 0. The highest BCUT2D eigenvalue weighted by molar-refractivity contribution is 6.40. The van der Waals surface area contributed by atoms with Gasteiger partial charge in [-0.15, -0.1) is 0 Å². The van der Waals surface area contributed by atoms with Crippen molar-refractivity contribution >= 4 is 28.1 Å². The Balaban J connectivity index is 1.72. The fourth-order valence-corrected chi connectivity index (χ4v) is 4.35. The number of aryl methyl sites for hydroxylation is 1. The van der Waals surface area contributed by atoms with Crippen LogP contribution in [0, 0.1) is 6.92 Å². The fourth-order valence-electron chi connectivity index (χ4n) is 4.35. The van der Waals surface area contributed by atoms with E-state index in [9.17, 15) is 4.79 Å². The van der Waals surface area contributed by atoms with Gasteiger partial charge in [-0.05, 0) is 47.9 Å². The Kier molecular flexibility index (Phi) is 3.54. The van der Waals surface area contributed by atoms with Gasteiger partial charge in [-0.2, -0.15) is 5.10 Å². The molecule has 1 aliphatic carbocycles. The first-order chi connectivity index (χ1) is 13.2. The summed E-state index contributed by atoms with van der Waals surface area (Å²) in [7, 11) is 0. The van der Waals surface area contributed by atoms with Crippen molar-refractivity contribution in [1.29, 1.82) is 0 Å². The van der Waals surface area contributed by atoms with Crippen LogP contribution in [0.4, 0.5) is 5.69 Å². The average molecular weight is 356 g/mol. The average Bonchev–Trinajstić information content (AvgIpc) is 3.22. The molecular weight excluding hydrogens is 336 g/mol. The molecule has 0 unspecified atom stereocenters. The molecule has 2 atom stereocenters. The lowest BCUT2D eigenvalue weighted by Gasteiger charge is -2.24. The Morgan fingerprint density at radius 2 is 1.74 bits per heavy atom. The van der Waals surface area contributed by atoms with E-state index in [4.69, 9.17) is 9.84 Å². The molecule has 27 heavy (non-hydrogen) atoms. The number of benzene rings is 3. The van der Waals surface area contributed by atoms with Crippen LogP contribution in [0.15, 0.2) is 65.8 Å². The molecule has 3 aromatic carbocycles. The first-order valence-electron chi connectivity index (χ1n) is 9.32. The molecule has 1 aliphatic heterocycles. The summed E-state index contributed by atoms with van der Waals surface area (Å²) in [5.74, 6) is -0.432. The molecule has 0 aromatic heterocycles. The molecule has 1 heterocycles. The van der Waals surface area contributed by atoms with E-state index in [1.165, 1.54) is 21.9 Å². The molecule has 0 saturated carbocycles. The Bertz CT molecular complexity index is 1080. The van der Waals surface area contributed by atoms with Crippen molar-refractivity contribution in [3.63, 3.8) is 0 Å². The lowest BCUT2D eigenvalue weighted by atomic mass is 9.92. The van der Waals surface area contributed by atoms with Crippen LogP contribution in [0.25, 0.3) is 10.8 Å². The summed E-state index contributed by atoms with van der Waals surface area (Å²) >= 11 is 0. The number of esters is 1. The predicted molar refractivity (Wildman–Crippen MR) is 107 cm³/mol. The summed E-state index contributed by atoms with van der Waals surface area (Å²) < 4.78 is 5.34. The number of anilines is 1. The van der Waals surface area contributed by atoms with Crippen molar-refractivity contribution in [2.75, 3.05) is 11.6 Å². The van der Waals surface area contributed by atoms with Gasteiger partial charge in [0.25, 0.3) is 0 Å². The summed E-state index contributed by atoms with van der Waals surface area (Å²) in [5.41, 5.74) is 5.05. The van der Waals surface area contributed by atoms with Crippen molar-refractivity contribution < 1.29 is 9.53 Å². The maximum Gasteiger partial charge on any atom is 0.355 e. The summed E-state index contributed by atoms with van der Waals surface area (Å²) in [6.45, 7) is 4.24.